The third kappa shape index (κ3) is 4.32. The summed E-state index contributed by atoms with van der Waals surface area (Å²) in [5.74, 6) is 0.378. The van der Waals surface area contributed by atoms with Crippen molar-refractivity contribution in [1.29, 1.82) is 0 Å². The molecule has 24 heavy (non-hydrogen) atoms. The Morgan fingerprint density at radius 3 is 2.96 bits per heavy atom. The van der Waals surface area contributed by atoms with Gasteiger partial charge in [-0.25, -0.2) is 13.1 Å². The molecule has 3 rings (SSSR count). The number of piperidine rings is 1. The number of nitrogens with zero attached hydrogens (tertiary/aromatic N) is 2. The molecule has 1 aliphatic rings. The second-order valence-electron chi connectivity index (χ2n) is 6.81. The number of benzene rings is 1. The number of hydrogen-bond donors (Lipinski definition) is 1. The van der Waals surface area contributed by atoms with Crippen LogP contribution in [0.3, 0.4) is 0 Å². The van der Waals surface area contributed by atoms with Gasteiger partial charge >= 0.3 is 0 Å². The first kappa shape index (κ1) is 17.3. The van der Waals surface area contributed by atoms with Crippen LogP contribution in [0.25, 0.3) is 10.9 Å². The molecule has 2 heterocycles. The molecule has 2 aromatic rings. The molecule has 0 unspecified atom stereocenters. The molecule has 1 N–H and O–H groups in total. The molecule has 1 aliphatic heterocycles. The number of sulfonamides is 1. The number of likely N-dealkylation sites (tertiary alicyclic amines) is 1. The van der Waals surface area contributed by atoms with Crippen molar-refractivity contribution in [3.63, 3.8) is 0 Å². The molecule has 0 radical (unpaired) electrons. The van der Waals surface area contributed by atoms with Gasteiger partial charge in [0, 0.05) is 31.2 Å². The SMILES string of the molecule is Cc1ccc(CN2CCC[C@H](CNS(C)(=O)=O)C2)c2cccnc12. The Morgan fingerprint density at radius 1 is 1.33 bits per heavy atom. The number of fused-ring (bicyclic) bond motifs is 1. The van der Waals surface area contributed by atoms with Gasteiger partial charge in [0.2, 0.25) is 10.0 Å². The number of rotatable bonds is 5. The zero-order valence-electron chi connectivity index (χ0n) is 14.3. The van der Waals surface area contributed by atoms with Gasteiger partial charge in [0.05, 0.1) is 11.8 Å². The van der Waals surface area contributed by atoms with Crippen LogP contribution in [0, 0.1) is 12.8 Å². The lowest BCUT2D eigenvalue weighted by molar-refractivity contribution is 0.169. The van der Waals surface area contributed by atoms with E-state index in [-0.39, 0.29) is 0 Å². The number of hydrogen-bond acceptors (Lipinski definition) is 4. The van der Waals surface area contributed by atoms with Gasteiger partial charge in [0.1, 0.15) is 0 Å². The van der Waals surface area contributed by atoms with Gasteiger partial charge < -0.3 is 0 Å². The van der Waals surface area contributed by atoms with Crippen molar-refractivity contribution >= 4 is 20.9 Å². The van der Waals surface area contributed by atoms with E-state index in [0.717, 1.165) is 38.0 Å². The van der Waals surface area contributed by atoms with Crippen molar-refractivity contribution in [3.05, 3.63) is 41.6 Å². The zero-order valence-corrected chi connectivity index (χ0v) is 15.1. The minimum atomic E-state index is -3.11. The summed E-state index contributed by atoms with van der Waals surface area (Å²) in [6.45, 7) is 5.50. The highest BCUT2D eigenvalue weighted by Crippen LogP contribution is 2.24. The molecule has 0 spiro atoms. The fourth-order valence-electron chi connectivity index (χ4n) is 3.48. The molecular formula is C18H25N3O2S. The molecule has 1 saturated heterocycles. The van der Waals surface area contributed by atoms with Gasteiger partial charge in [0.25, 0.3) is 0 Å². The smallest absolute Gasteiger partial charge is 0.208 e. The number of aryl methyl sites for hydroxylation is 1. The lowest BCUT2D eigenvalue weighted by atomic mass is 9.97. The molecule has 6 heteroatoms. The van der Waals surface area contributed by atoms with Crippen LogP contribution in [0.2, 0.25) is 0 Å². The summed E-state index contributed by atoms with van der Waals surface area (Å²) in [6.07, 6.45) is 5.25. The average molecular weight is 347 g/mol. The molecule has 1 aromatic heterocycles. The first-order valence-corrected chi connectivity index (χ1v) is 10.3. The third-order valence-corrected chi connectivity index (χ3v) is 5.38. The Bertz CT molecular complexity index is 820. The first-order valence-electron chi connectivity index (χ1n) is 8.42. The lowest BCUT2D eigenvalue weighted by Crippen LogP contribution is -2.40. The fourth-order valence-corrected chi connectivity index (χ4v) is 4.02. The third-order valence-electron chi connectivity index (χ3n) is 4.69. The molecule has 1 atom stereocenters. The molecule has 130 valence electrons. The van der Waals surface area contributed by atoms with E-state index < -0.39 is 10.0 Å². The van der Waals surface area contributed by atoms with E-state index in [1.807, 2.05) is 12.3 Å². The molecule has 1 aromatic carbocycles. The maximum Gasteiger partial charge on any atom is 0.208 e. The zero-order chi connectivity index (χ0) is 17.2. The Hall–Kier alpha value is -1.50. The molecule has 5 nitrogen and oxygen atoms in total. The Morgan fingerprint density at radius 2 is 2.17 bits per heavy atom. The van der Waals surface area contributed by atoms with E-state index in [1.165, 1.54) is 22.8 Å². The van der Waals surface area contributed by atoms with Crippen LogP contribution in [-0.2, 0) is 16.6 Å². The van der Waals surface area contributed by atoms with Crippen molar-refractivity contribution in [2.75, 3.05) is 25.9 Å². The maximum atomic E-state index is 11.3. The first-order chi connectivity index (χ1) is 11.4. The summed E-state index contributed by atoms with van der Waals surface area (Å²) >= 11 is 0. The number of nitrogens with one attached hydrogen (secondary N) is 1. The average Bonchev–Trinajstić information content (AvgIpc) is 2.56. The van der Waals surface area contributed by atoms with E-state index in [4.69, 9.17) is 0 Å². The second kappa shape index (κ2) is 7.17. The predicted octanol–water partition coefficient (Wildman–Crippen LogP) is 2.30. The van der Waals surface area contributed by atoms with Crippen LogP contribution in [0.1, 0.15) is 24.0 Å². The molecule has 0 amide bonds. The molecule has 1 fully saturated rings. The van der Waals surface area contributed by atoms with Crippen molar-refractivity contribution < 1.29 is 8.42 Å². The standard InChI is InChI=1S/C18H25N3O2S/c1-14-7-8-16(17-6-3-9-19-18(14)17)13-21-10-4-5-15(12-21)11-20-24(2,22)23/h3,6-9,15,20H,4-5,10-13H2,1-2H3/t15-/m1/s1. The summed E-state index contributed by atoms with van der Waals surface area (Å²) < 4.78 is 25.2. The number of pyridine rings is 1. The Balaban J connectivity index is 1.71. The molecule has 0 aliphatic carbocycles. The van der Waals surface area contributed by atoms with E-state index in [0.29, 0.717) is 12.5 Å². The summed E-state index contributed by atoms with van der Waals surface area (Å²) in [6, 6.07) is 8.45. The largest absolute Gasteiger partial charge is 0.299 e. The summed E-state index contributed by atoms with van der Waals surface area (Å²) in [7, 11) is -3.11. The molecular weight excluding hydrogens is 322 g/mol. The van der Waals surface area contributed by atoms with Crippen molar-refractivity contribution in [3.8, 4) is 0 Å². The van der Waals surface area contributed by atoms with Crippen LogP contribution in [0.15, 0.2) is 30.5 Å². The summed E-state index contributed by atoms with van der Waals surface area (Å²) in [5.41, 5.74) is 3.56. The van der Waals surface area contributed by atoms with Crippen molar-refractivity contribution in [1.82, 2.24) is 14.6 Å². The van der Waals surface area contributed by atoms with Gasteiger partial charge in [-0.2, -0.15) is 0 Å². The monoisotopic (exact) mass is 347 g/mol. The van der Waals surface area contributed by atoms with E-state index >= 15 is 0 Å². The van der Waals surface area contributed by atoms with Gasteiger partial charge in [-0.05, 0) is 49.4 Å². The predicted molar refractivity (Wildman–Crippen MR) is 97.3 cm³/mol. The van der Waals surface area contributed by atoms with E-state index in [9.17, 15) is 8.42 Å². The van der Waals surface area contributed by atoms with E-state index in [2.05, 4.69) is 39.7 Å². The minimum Gasteiger partial charge on any atom is -0.299 e. The summed E-state index contributed by atoms with van der Waals surface area (Å²) in [4.78, 5) is 6.94. The van der Waals surface area contributed by atoms with Crippen LogP contribution in [0.5, 0.6) is 0 Å². The van der Waals surface area contributed by atoms with Crippen molar-refractivity contribution in [2.24, 2.45) is 5.92 Å². The fraction of sp³-hybridized carbons (Fsp3) is 0.500. The van der Waals surface area contributed by atoms with Gasteiger partial charge in [-0.1, -0.05) is 18.2 Å². The van der Waals surface area contributed by atoms with Gasteiger partial charge in [-0.15, -0.1) is 0 Å². The van der Waals surface area contributed by atoms with Gasteiger partial charge in [-0.3, -0.25) is 9.88 Å². The highest BCUT2D eigenvalue weighted by atomic mass is 32.2. The highest BCUT2D eigenvalue weighted by molar-refractivity contribution is 7.88. The van der Waals surface area contributed by atoms with Crippen molar-refractivity contribution in [2.45, 2.75) is 26.3 Å². The normalized spacial score (nSPS) is 19.7. The second-order valence-corrected chi connectivity index (χ2v) is 8.64. The summed E-state index contributed by atoms with van der Waals surface area (Å²) in [5, 5.41) is 1.22. The van der Waals surface area contributed by atoms with Crippen LogP contribution in [0.4, 0.5) is 0 Å². The quantitative estimate of drug-likeness (QED) is 0.901. The Labute approximate surface area is 144 Å². The Kier molecular flexibility index (Phi) is 5.18. The van der Waals surface area contributed by atoms with Gasteiger partial charge in [0.15, 0.2) is 0 Å². The lowest BCUT2D eigenvalue weighted by Gasteiger charge is -2.33. The number of aromatic nitrogens is 1. The van der Waals surface area contributed by atoms with Crippen LogP contribution >= 0.6 is 0 Å². The maximum absolute atomic E-state index is 11.3. The molecule has 0 bridgehead atoms. The minimum absolute atomic E-state index is 0.378. The topological polar surface area (TPSA) is 62.3 Å². The van der Waals surface area contributed by atoms with E-state index in [1.54, 1.807) is 0 Å². The van der Waals surface area contributed by atoms with Crippen LogP contribution in [-0.4, -0.2) is 44.2 Å². The highest BCUT2D eigenvalue weighted by Gasteiger charge is 2.21. The molecule has 0 saturated carbocycles. The van der Waals surface area contributed by atoms with Crippen LogP contribution < -0.4 is 4.72 Å².